The molecule has 0 aliphatic heterocycles. The summed E-state index contributed by atoms with van der Waals surface area (Å²) in [6.45, 7) is 4.02. The number of rotatable bonds is 49. The first kappa shape index (κ1) is 68.9. The number of ether oxygens (including phenoxy) is 2. The van der Waals surface area contributed by atoms with Crippen LogP contribution in [0.15, 0.2) is 146 Å². The van der Waals surface area contributed by atoms with Gasteiger partial charge in [0.2, 0.25) is 0 Å². The van der Waals surface area contributed by atoms with E-state index >= 15 is 0 Å². The number of unbranched alkanes of at least 4 members (excludes halogenated alkanes) is 11. The number of hydrogen-bond donors (Lipinski definition) is 0. The fourth-order valence-electron chi connectivity index (χ4n) is 6.81. The minimum absolute atomic E-state index is 0.0462. The molecule has 0 fully saturated rings. The third-order valence-electron chi connectivity index (χ3n) is 11.1. The lowest BCUT2D eigenvalue weighted by Gasteiger charge is -2.28. The molecule has 0 aromatic carbocycles. The topological polar surface area (TPSA) is 111 Å². The van der Waals surface area contributed by atoms with Gasteiger partial charge in [-0.25, -0.2) is 0 Å². The molecule has 0 saturated carbocycles. The number of allylic oxidation sites excluding steroid dienone is 24. The summed E-state index contributed by atoms with van der Waals surface area (Å²) in [5, 5.41) is 0. The van der Waals surface area contributed by atoms with Crippen molar-refractivity contribution in [2.24, 2.45) is 0 Å². The van der Waals surface area contributed by atoms with Crippen molar-refractivity contribution in [1.29, 1.82) is 0 Å². The summed E-state index contributed by atoms with van der Waals surface area (Å²) in [5.74, 6) is -0.898. The molecule has 0 saturated heterocycles. The second-order valence-electron chi connectivity index (χ2n) is 19.2. The number of likely N-dealkylation sites (N-methyl/N-ethyl adjacent to an activating group) is 1. The van der Waals surface area contributed by atoms with Crippen LogP contribution in [0.4, 0.5) is 0 Å². The fourth-order valence-corrected chi connectivity index (χ4v) is 7.54. The van der Waals surface area contributed by atoms with Gasteiger partial charge in [-0.1, -0.05) is 217 Å². The van der Waals surface area contributed by atoms with E-state index in [0.29, 0.717) is 17.4 Å². The average molecular weight is 1030 g/mol. The van der Waals surface area contributed by atoms with E-state index < -0.39 is 32.5 Å². The predicted molar refractivity (Wildman–Crippen MR) is 309 cm³/mol. The van der Waals surface area contributed by atoms with Crippen molar-refractivity contribution in [3.05, 3.63) is 146 Å². The molecular weight excluding hydrogens is 930 g/mol. The number of nitrogens with zero attached hydrogens (tertiary/aromatic N) is 1. The van der Waals surface area contributed by atoms with Gasteiger partial charge >= 0.3 is 11.9 Å². The number of phosphoric ester groups is 1. The number of carbonyl (C=O) groups excluding carboxylic acids is 2. The Kier molecular flexibility index (Phi) is 49.8. The molecule has 0 aliphatic carbocycles. The van der Waals surface area contributed by atoms with Gasteiger partial charge in [0.25, 0.3) is 7.82 Å². The number of esters is 2. The molecule has 0 aliphatic rings. The monoisotopic (exact) mass is 1030 g/mol. The molecule has 0 aromatic heterocycles. The Bertz CT molecular complexity index is 1740. The second-order valence-corrected chi connectivity index (χ2v) is 20.6. The maximum Gasteiger partial charge on any atom is 0.306 e. The molecule has 412 valence electrons. The average Bonchev–Trinajstić information content (AvgIpc) is 3.35. The van der Waals surface area contributed by atoms with Crippen LogP contribution in [0, 0.1) is 0 Å². The Morgan fingerprint density at radius 3 is 1.16 bits per heavy atom. The van der Waals surface area contributed by atoms with Crippen molar-refractivity contribution in [2.45, 2.75) is 193 Å². The van der Waals surface area contributed by atoms with E-state index in [4.69, 9.17) is 18.5 Å². The van der Waals surface area contributed by atoms with Crippen LogP contribution in [0.25, 0.3) is 0 Å². The third-order valence-corrected chi connectivity index (χ3v) is 12.1. The normalized spacial score (nSPS) is 14.4. The van der Waals surface area contributed by atoms with E-state index in [1.807, 2.05) is 21.1 Å². The molecule has 0 N–H and O–H groups in total. The lowest BCUT2D eigenvalue weighted by Crippen LogP contribution is -2.37. The molecule has 2 unspecified atom stereocenters. The summed E-state index contributed by atoms with van der Waals surface area (Å²) in [4.78, 5) is 37.6. The molecule has 0 radical (unpaired) electrons. The van der Waals surface area contributed by atoms with Crippen LogP contribution < -0.4 is 4.89 Å². The largest absolute Gasteiger partial charge is 0.756 e. The van der Waals surface area contributed by atoms with Crippen molar-refractivity contribution in [2.75, 3.05) is 47.5 Å². The van der Waals surface area contributed by atoms with Crippen LogP contribution in [0.3, 0.4) is 0 Å². The van der Waals surface area contributed by atoms with Crippen molar-refractivity contribution >= 4 is 19.8 Å². The summed E-state index contributed by atoms with van der Waals surface area (Å²) < 4.78 is 33.9. The highest BCUT2D eigenvalue weighted by atomic mass is 31.2. The second kappa shape index (κ2) is 52.7. The van der Waals surface area contributed by atoms with Gasteiger partial charge in [-0.3, -0.25) is 14.2 Å². The van der Waals surface area contributed by atoms with Gasteiger partial charge < -0.3 is 27.9 Å². The van der Waals surface area contributed by atoms with Crippen molar-refractivity contribution in [3.8, 4) is 0 Å². The SMILES string of the molecule is CC/C=C\C/C=C\C/C=C\C/C=C\C/C=C\C/C=C\C/C=C\C/C=C\C/C=C\C/C=C\C/C=C\C/C=C\CCCCC(=O)OC(COC(=O)CCCCCCCCCCCC)COP(=O)([O-])OCC[N+](C)(C)C. The van der Waals surface area contributed by atoms with E-state index in [2.05, 4.69) is 160 Å². The van der Waals surface area contributed by atoms with Gasteiger partial charge in [0.15, 0.2) is 6.10 Å². The summed E-state index contributed by atoms with van der Waals surface area (Å²) in [5.41, 5.74) is 0. The van der Waals surface area contributed by atoms with Crippen LogP contribution in [0.5, 0.6) is 0 Å². The van der Waals surface area contributed by atoms with E-state index in [1.165, 1.54) is 44.9 Å². The zero-order valence-corrected chi connectivity index (χ0v) is 47.4. The Morgan fingerprint density at radius 1 is 0.438 bits per heavy atom. The van der Waals surface area contributed by atoms with Gasteiger partial charge in [0, 0.05) is 12.8 Å². The quantitative estimate of drug-likeness (QED) is 0.0195. The van der Waals surface area contributed by atoms with Crippen LogP contribution >= 0.6 is 7.82 Å². The summed E-state index contributed by atoms with van der Waals surface area (Å²) >= 11 is 0. The van der Waals surface area contributed by atoms with Crippen LogP contribution in [0.1, 0.15) is 187 Å². The Balaban J connectivity index is 4.21. The van der Waals surface area contributed by atoms with Gasteiger partial charge in [-0.05, 0) is 103 Å². The van der Waals surface area contributed by atoms with Gasteiger partial charge in [0.1, 0.15) is 19.8 Å². The predicted octanol–water partition coefficient (Wildman–Crippen LogP) is 16.9. The number of hydrogen-bond acceptors (Lipinski definition) is 8. The third kappa shape index (κ3) is 57.0. The van der Waals surface area contributed by atoms with E-state index in [0.717, 1.165) is 109 Å². The zero-order chi connectivity index (χ0) is 53.5. The molecule has 0 amide bonds. The van der Waals surface area contributed by atoms with Crippen LogP contribution in [-0.4, -0.2) is 70.0 Å². The molecule has 0 aromatic rings. The number of phosphoric acid groups is 1. The highest BCUT2D eigenvalue weighted by Gasteiger charge is 2.21. The van der Waals surface area contributed by atoms with Crippen molar-refractivity contribution in [3.63, 3.8) is 0 Å². The standard InChI is InChI=1S/C63H102NO8P/c1-6-8-10-12-14-16-18-19-20-21-22-23-24-25-26-27-28-29-30-31-32-33-34-35-36-37-38-39-40-41-42-43-44-45-46-48-50-52-54-56-63(66)72-61(60-71-73(67,68)70-58-57-64(3,4)5)59-69-62(65)55-53-51-49-47-17-15-13-11-9-7-2/h8,10,14,16,19-20,22-23,25-26,28-29,31-32,34-35,37-38,40-41,43-44,46,48,61H,6-7,9,11-13,15,17-18,21,24,27,30,33,36,39,42,45,47,49-60H2,1-5H3/b10-8-,16-14-,20-19-,23-22-,26-25-,29-28-,32-31-,35-34-,38-37-,41-40-,44-43-,48-46-. The Morgan fingerprint density at radius 2 is 0.781 bits per heavy atom. The molecule has 2 atom stereocenters. The van der Waals surface area contributed by atoms with E-state index in [-0.39, 0.29) is 26.1 Å². The molecule has 0 spiro atoms. The summed E-state index contributed by atoms with van der Waals surface area (Å²) in [7, 11) is 1.12. The van der Waals surface area contributed by atoms with E-state index in [1.54, 1.807) is 0 Å². The lowest BCUT2D eigenvalue weighted by molar-refractivity contribution is -0.870. The summed E-state index contributed by atoms with van der Waals surface area (Å²) in [6, 6.07) is 0. The molecule has 0 heterocycles. The maximum atomic E-state index is 12.7. The molecule has 73 heavy (non-hydrogen) atoms. The van der Waals surface area contributed by atoms with Gasteiger partial charge in [-0.15, -0.1) is 0 Å². The fraction of sp³-hybridized carbons (Fsp3) is 0.587. The molecule has 10 heteroatoms. The van der Waals surface area contributed by atoms with E-state index in [9.17, 15) is 19.0 Å². The van der Waals surface area contributed by atoms with Crippen LogP contribution in [0.2, 0.25) is 0 Å². The minimum Gasteiger partial charge on any atom is -0.756 e. The molecular formula is C63H102NO8P. The maximum absolute atomic E-state index is 12.7. The number of carbonyl (C=O) groups is 2. The van der Waals surface area contributed by atoms with Gasteiger partial charge in [-0.2, -0.15) is 0 Å². The smallest absolute Gasteiger partial charge is 0.306 e. The molecule has 9 nitrogen and oxygen atoms in total. The Hall–Kier alpha value is -4.11. The minimum atomic E-state index is -4.65. The molecule has 0 bridgehead atoms. The zero-order valence-electron chi connectivity index (χ0n) is 46.5. The first-order valence-electron chi connectivity index (χ1n) is 28.0. The first-order chi connectivity index (χ1) is 35.5. The Labute approximate surface area is 446 Å². The van der Waals surface area contributed by atoms with Crippen molar-refractivity contribution in [1.82, 2.24) is 0 Å². The lowest BCUT2D eigenvalue weighted by atomic mass is 10.1. The van der Waals surface area contributed by atoms with Crippen molar-refractivity contribution < 1.29 is 42.1 Å². The molecule has 0 rings (SSSR count). The summed E-state index contributed by atoms with van der Waals surface area (Å²) in [6.07, 6.45) is 77.7. The first-order valence-corrected chi connectivity index (χ1v) is 29.5. The number of quaternary nitrogens is 1. The highest BCUT2D eigenvalue weighted by Crippen LogP contribution is 2.38. The van der Waals surface area contributed by atoms with Gasteiger partial charge in [0.05, 0.1) is 27.7 Å². The van der Waals surface area contributed by atoms with Crippen LogP contribution in [-0.2, 0) is 32.7 Å². The highest BCUT2D eigenvalue weighted by molar-refractivity contribution is 7.45.